The van der Waals surface area contributed by atoms with E-state index in [2.05, 4.69) is 11.8 Å². The molecule has 0 aromatic heterocycles. The molecule has 0 amide bonds. The molecule has 0 saturated carbocycles. The first-order valence-electron chi connectivity index (χ1n) is 7.20. The van der Waals surface area contributed by atoms with Crippen molar-refractivity contribution in [2.75, 3.05) is 26.3 Å². The van der Waals surface area contributed by atoms with Crippen molar-refractivity contribution in [3.8, 4) is 5.75 Å². The number of hydrogen-bond acceptors (Lipinski definition) is 4. The van der Waals surface area contributed by atoms with Gasteiger partial charge in [-0.2, -0.15) is 0 Å². The number of Topliss-reactive ketones (excluding diaryl/α,β-unsaturated/α-hetero) is 1. The van der Waals surface area contributed by atoms with Crippen molar-refractivity contribution >= 4 is 5.78 Å². The Balaban J connectivity index is 2.11. The number of aromatic hydroxyl groups is 1. The van der Waals surface area contributed by atoms with Crippen LogP contribution >= 0.6 is 0 Å². The first-order valence-corrected chi connectivity index (χ1v) is 7.20. The number of nitrogens with zero attached hydrogens (tertiary/aromatic N) is 1. The number of carbonyl (C=O) groups excluding carboxylic acids is 1. The first kappa shape index (κ1) is 15.0. The topological polar surface area (TPSA) is 49.8 Å². The summed E-state index contributed by atoms with van der Waals surface area (Å²) in [6, 6.07) is 6.94. The predicted octanol–water partition coefficient (Wildman–Crippen LogP) is 2.00. The van der Waals surface area contributed by atoms with Crippen LogP contribution in [0.3, 0.4) is 0 Å². The summed E-state index contributed by atoms with van der Waals surface area (Å²) in [7, 11) is 0. The van der Waals surface area contributed by atoms with Crippen molar-refractivity contribution in [3.63, 3.8) is 0 Å². The fraction of sp³-hybridized carbons (Fsp3) is 0.562. The van der Waals surface area contributed by atoms with Gasteiger partial charge in [-0.25, -0.2) is 0 Å². The summed E-state index contributed by atoms with van der Waals surface area (Å²) >= 11 is 0. The van der Waals surface area contributed by atoms with Crippen molar-refractivity contribution in [2.45, 2.75) is 32.2 Å². The van der Waals surface area contributed by atoms with E-state index < -0.39 is 5.54 Å². The van der Waals surface area contributed by atoms with Crippen LogP contribution in [0, 0.1) is 0 Å². The normalized spacial score (nSPS) is 19.5. The average Bonchev–Trinajstić information content (AvgIpc) is 2.47. The summed E-state index contributed by atoms with van der Waals surface area (Å²) in [6.07, 6.45) is 1.14. The third-order valence-electron chi connectivity index (χ3n) is 4.27. The highest BCUT2D eigenvalue weighted by Crippen LogP contribution is 2.24. The molecular weight excluding hydrogens is 254 g/mol. The summed E-state index contributed by atoms with van der Waals surface area (Å²) in [5, 5.41) is 9.50. The summed E-state index contributed by atoms with van der Waals surface area (Å²) in [4.78, 5) is 14.9. The number of carbonyl (C=O) groups is 1. The van der Waals surface area contributed by atoms with E-state index in [-0.39, 0.29) is 11.5 Å². The Hall–Kier alpha value is -1.39. The van der Waals surface area contributed by atoms with Gasteiger partial charge in [0.15, 0.2) is 5.78 Å². The second kappa shape index (κ2) is 6.37. The van der Waals surface area contributed by atoms with Gasteiger partial charge in [0.05, 0.1) is 18.8 Å². The molecule has 1 N–H and O–H groups in total. The van der Waals surface area contributed by atoms with Gasteiger partial charge in [0.25, 0.3) is 0 Å². The number of phenolic OH excluding ortho intramolecular Hbond substituents is 1. The van der Waals surface area contributed by atoms with E-state index in [1.54, 1.807) is 18.2 Å². The van der Waals surface area contributed by atoms with E-state index in [1.807, 2.05) is 13.0 Å². The smallest absolute Gasteiger partial charge is 0.157 e. The maximum absolute atomic E-state index is 12.7. The lowest BCUT2D eigenvalue weighted by molar-refractivity contribution is -0.133. The second-order valence-electron chi connectivity index (χ2n) is 5.50. The minimum atomic E-state index is -0.449. The van der Waals surface area contributed by atoms with Crippen LogP contribution in [0.4, 0.5) is 0 Å². The molecule has 1 saturated heterocycles. The Morgan fingerprint density at radius 1 is 1.40 bits per heavy atom. The third-order valence-corrected chi connectivity index (χ3v) is 4.27. The molecule has 2 rings (SSSR count). The minimum Gasteiger partial charge on any atom is -0.508 e. The summed E-state index contributed by atoms with van der Waals surface area (Å²) in [6.45, 7) is 7.05. The van der Waals surface area contributed by atoms with Gasteiger partial charge in [0.1, 0.15) is 5.75 Å². The number of ketones is 1. The maximum atomic E-state index is 12.7. The molecule has 4 heteroatoms. The van der Waals surface area contributed by atoms with Crippen molar-refractivity contribution in [3.05, 3.63) is 29.8 Å². The van der Waals surface area contributed by atoms with Crippen molar-refractivity contribution in [1.82, 2.24) is 4.90 Å². The Bertz CT molecular complexity index is 469. The SMILES string of the molecule is CCC(C)(C(=O)Cc1cccc(O)c1)N1CCOCC1. The number of ether oxygens (including phenoxy) is 1. The lowest BCUT2D eigenvalue weighted by Gasteiger charge is -2.41. The molecule has 1 aromatic carbocycles. The molecule has 1 heterocycles. The fourth-order valence-corrected chi connectivity index (χ4v) is 2.70. The Morgan fingerprint density at radius 3 is 2.70 bits per heavy atom. The van der Waals surface area contributed by atoms with Gasteiger partial charge in [-0.3, -0.25) is 9.69 Å². The molecule has 1 aliphatic rings. The Kier molecular flexibility index (Phi) is 4.78. The van der Waals surface area contributed by atoms with Gasteiger partial charge < -0.3 is 9.84 Å². The van der Waals surface area contributed by atoms with E-state index >= 15 is 0 Å². The van der Waals surface area contributed by atoms with Gasteiger partial charge in [-0.15, -0.1) is 0 Å². The Labute approximate surface area is 120 Å². The maximum Gasteiger partial charge on any atom is 0.157 e. The van der Waals surface area contributed by atoms with Gasteiger partial charge in [0.2, 0.25) is 0 Å². The van der Waals surface area contributed by atoms with E-state index in [0.717, 1.165) is 25.1 Å². The van der Waals surface area contributed by atoms with Gasteiger partial charge in [-0.05, 0) is 31.0 Å². The Morgan fingerprint density at radius 2 is 2.10 bits per heavy atom. The third kappa shape index (κ3) is 3.19. The quantitative estimate of drug-likeness (QED) is 0.894. The standard InChI is InChI=1S/C16H23NO3/c1-3-16(2,17-7-9-20-10-8-17)15(19)12-13-5-4-6-14(18)11-13/h4-6,11,18H,3,7-10,12H2,1-2H3. The van der Waals surface area contributed by atoms with Crippen LogP contribution in [0.15, 0.2) is 24.3 Å². The van der Waals surface area contributed by atoms with Crippen LogP contribution in [-0.4, -0.2) is 47.6 Å². The molecular formula is C16H23NO3. The van der Waals surface area contributed by atoms with E-state index in [0.29, 0.717) is 19.6 Å². The summed E-state index contributed by atoms with van der Waals surface area (Å²) in [5.74, 6) is 0.410. The molecule has 1 fully saturated rings. The van der Waals surface area contributed by atoms with Crippen molar-refractivity contribution in [1.29, 1.82) is 0 Å². The molecule has 1 atom stereocenters. The molecule has 0 spiro atoms. The molecule has 1 aromatic rings. The number of morpholine rings is 1. The second-order valence-corrected chi connectivity index (χ2v) is 5.50. The highest BCUT2D eigenvalue weighted by molar-refractivity contribution is 5.89. The van der Waals surface area contributed by atoms with Gasteiger partial charge in [-0.1, -0.05) is 19.1 Å². The molecule has 0 radical (unpaired) electrons. The fourth-order valence-electron chi connectivity index (χ4n) is 2.70. The molecule has 0 aliphatic carbocycles. The van der Waals surface area contributed by atoms with E-state index in [4.69, 9.17) is 4.74 Å². The largest absolute Gasteiger partial charge is 0.508 e. The lowest BCUT2D eigenvalue weighted by Crippen LogP contribution is -2.56. The zero-order chi connectivity index (χ0) is 14.6. The minimum absolute atomic E-state index is 0.201. The van der Waals surface area contributed by atoms with Crippen LogP contribution in [0.25, 0.3) is 0 Å². The molecule has 110 valence electrons. The zero-order valence-corrected chi connectivity index (χ0v) is 12.3. The van der Waals surface area contributed by atoms with Crippen molar-refractivity contribution in [2.24, 2.45) is 0 Å². The van der Waals surface area contributed by atoms with Gasteiger partial charge in [0, 0.05) is 19.5 Å². The van der Waals surface area contributed by atoms with Crippen LogP contribution in [0.1, 0.15) is 25.8 Å². The monoisotopic (exact) mass is 277 g/mol. The molecule has 1 unspecified atom stereocenters. The van der Waals surface area contributed by atoms with Crippen LogP contribution in [0.5, 0.6) is 5.75 Å². The van der Waals surface area contributed by atoms with E-state index in [1.165, 1.54) is 0 Å². The van der Waals surface area contributed by atoms with Crippen LogP contribution in [-0.2, 0) is 16.0 Å². The first-order chi connectivity index (χ1) is 9.56. The lowest BCUT2D eigenvalue weighted by atomic mass is 9.87. The van der Waals surface area contributed by atoms with Crippen LogP contribution < -0.4 is 0 Å². The summed E-state index contributed by atoms with van der Waals surface area (Å²) in [5.41, 5.74) is 0.415. The molecule has 0 bridgehead atoms. The molecule has 20 heavy (non-hydrogen) atoms. The average molecular weight is 277 g/mol. The molecule has 4 nitrogen and oxygen atoms in total. The highest BCUT2D eigenvalue weighted by Gasteiger charge is 2.37. The number of rotatable bonds is 5. The number of phenols is 1. The van der Waals surface area contributed by atoms with Gasteiger partial charge >= 0.3 is 0 Å². The highest BCUT2D eigenvalue weighted by atomic mass is 16.5. The molecule has 1 aliphatic heterocycles. The van der Waals surface area contributed by atoms with Crippen LogP contribution in [0.2, 0.25) is 0 Å². The number of hydrogen-bond donors (Lipinski definition) is 1. The summed E-state index contributed by atoms with van der Waals surface area (Å²) < 4.78 is 5.37. The van der Waals surface area contributed by atoms with E-state index in [9.17, 15) is 9.90 Å². The zero-order valence-electron chi connectivity index (χ0n) is 12.3. The van der Waals surface area contributed by atoms with Crippen molar-refractivity contribution < 1.29 is 14.6 Å². The number of benzene rings is 1. The predicted molar refractivity (Wildman–Crippen MR) is 77.9 cm³/mol.